The molecule has 1 amide bonds. The molecule has 1 heterocycles. The molecule has 27 heavy (non-hydrogen) atoms. The van der Waals surface area contributed by atoms with Crippen molar-refractivity contribution in [2.75, 3.05) is 6.54 Å². The van der Waals surface area contributed by atoms with Crippen molar-refractivity contribution in [1.82, 2.24) is 15.1 Å². The molecule has 5 nitrogen and oxygen atoms in total. The molecule has 138 valence electrons. The highest BCUT2D eigenvalue weighted by Crippen LogP contribution is 2.19. The van der Waals surface area contributed by atoms with Crippen LogP contribution >= 0.6 is 0 Å². The Morgan fingerprint density at radius 1 is 1.00 bits per heavy atom. The lowest BCUT2D eigenvalue weighted by atomic mass is 10.0. The van der Waals surface area contributed by atoms with Crippen molar-refractivity contribution in [3.8, 4) is 5.69 Å². The standard InChI is InChI=1S/C22H23N3O2/c1-15(18-10-6-4-7-11-18)14-23-22(27)21(26)20-16(2)24-25(17(20)3)19-12-8-5-9-13-19/h4-13,15H,14H2,1-3H3,(H,23,27). The molecule has 3 rings (SSSR count). The molecular weight excluding hydrogens is 338 g/mol. The van der Waals surface area contributed by atoms with Gasteiger partial charge in [0.15, 0.2) is 0 Å². The van der Waals surface area contributed by atoms with Gasteiger partial charge in [0.25, 0.3) is 11.7 Å². The van der Waals surface area contributed by atoms with E-state index in [0.29, 0.717) is 23.5 Å². The van der Waals surface area contributed by atoms with Gasteiger partial charge >= 0.3 is 0 Å². The van der Waals surface area contributed by atoms with Gasteiger partial charge in [-0.25, -0.2) is 4.68 Å². The van der Waals surface area contributed by atoms with Crippen molar-refractivity contribution in [3.05, 3.63) is 83.2 Å². The van der Waals surface area contributed by atoms with Crippen LogP contribution in [0, 0.1) is 13.8 Å². The summed E-state index contributed by atoms with van der Waals surface area (Å²) in [5.74, 6) is -1.03. The second kappa shape index (κ2) is 7.99. The first-order chi connectivity index (χ1) is 13.0. The molecule has 1 N–H and O–H groups in total. The molecule has 5 heteroatoms. The molecular formula is C22H23N3O2. The highest BCUT2D eigenvalue weighted by Gasteiger charge is 2.25. The number of carbonyl (C=O) groups excluding carboxylic acids is 2. The van der Waals surface area contributed by atoms with Gasteiger partial charge in [-0.3, -0.25) is 9.59 Å². The van der Waals surface area contributed by atoms with Crippen LogP contribution < -0.4 is 5.32 Å². The van der Waals surface area contributed by atoms with E-state index in [4.69, 9.17) is 0 Å². The number of aryl methyl sites for hydroxylation is 1. The molecule has 0 aliphatic carbocycles. The first-order valence-corrected chi connectivity index (χ1v) is 8.98. The zero-order valence-corrected chi connectivity index (χ0v) is 15.8. The van der Waals surface area contributed by atoms with Crippen molar-refractivity contribution >= 4 is 11.7 Å². The minimum absolute atomic E-state index is 0.122. The van der Waals surface area contributed by atoms with Gasteiger partial charge in [-0.15, -0.1) is 0 Å². The van der Waals surface area contributed by atoms with Crippen molar-refractivity contribution in [2.24, 2.45) is 0 Å². The molecule has 0 saturated heterocycles. The number of hydrogen-bond acceptors (Lipinski definition) is 3. The summed E-state index contributed by atoms with van der Waals surface area (Å²) in [6, 6.07) is 19.5. The first-order valence-electron chi connectivity index (χ1n) is 8.98. The van der Waals surface area contributed by atoms with Gasteiger partial charge in [0.05, 0.1) is 22.6 Å². The molecule has 1 unspecified atom stereocenters. The van der Waals surface area contributed by atoms with E-state index in [1.165, 1.54) is 0 Å². The second-order valence-electron chi connectivity index (χ2n) is 6.64. The van der Waals surface area contributed by atoms with Crippen LogP contribution in [0.3, 0.4) is 0 Å². The van der Waals surface area contributed by atoms with Gasteiger partial charge in [-0.1, -0.05) is 55.5 Å². The fourth-order valence-corrected chi connectivity index (χ4v) is 3.13. The smallest absolute Gasteiger partial charge is 0.292 e. The topological polar surface area (TPSA) is 64.0 Å². The number of ketones is 1. The molecule has 1 aromatic heterocycles. The predicted octanol–water partition coefficient (Wildman–Crippen LogP) is 3.59. The van der Waals surface area contributed by atoms with Crippen LogP contribution in [0.15, 0.2) is 60.7 Å². The number of rotatable bonds is 6. The average molecular weight is 361 g/mol. The Bertz CT molecular complexity index is 946. The number of aromatic nitrogens is 2. The maximum atomic E-state index is 12.7. The lowest BCUT2D eigenvalue weighted by Crippen LogP contribution is -2.34. The minimum atomic E-state index is -0.600. The molecule has 0 bridgehead atoms. The number of hydrogen-bond donors (Lipinski definition) is 1. The second-order valence-corrected chi connectivity index (χ2v) is 6.64. The summed E-state index contributed by atoms with van der Waals surface area (Å²) < 4.78 is 1.70. The number of Topliss-reactive ketones (excluding diaryl/α,β-unsaturated/α-hetero) is 1. The van der Waals surface area contributed by atoms with Gasteiger partial charge in [-0.05, 0) is 37.5 Å². The Kier molecular flexibility index (Phi) is 5.50. The fourth-order valence-electron chi connectivity index (χ4n) is 3.13. The van der Waals surface area contributed by atoms with Crippen LogP contribution in [0.1, 0.15) is 40.2 Å². The molecule has 0 fully saturated rings. The summed E-state index contributed by atoms with van der Waals surface area (Å²) in [6.07, 6.45) is 0. The van der Waals surface area contributed by atoms with E-state index in [-0.39, 0.29) is 5.92 Å². The van der Waals surface area contributed by atoms with Crippen molar-refractivity contribution < 1.29 is 9.59 Å². The summed E-state index contributed by atoms with van der Waals surface area (Å²) in [5.41, 5.74) is 3.55. The van der Waals surface area contributed by atoms with E-state index >= 15 is 0 Å². The van der Waals surface area contributed by atoms with E-state index in [1.807, 2.05) is 67.6 Å². The van der Waals surface area contributed by atoms with Crippen LogP contribution in [-0.2, 0) is 4.79 Å². The van der Waals surface area contributed by atoms with E-state index in [0.717, 1.165) is 11.3 Å². The van der Waals surface area contributed by atoms with Gasteiger partial charge < -0.3 is 5.32 Å². The number of nitrogens with one attached hydrogen (secondary N) is 1. The Hall–Kier alpha value is -3.21. The molecule has 0 saturated carbocycles. The zero-order valence-electron chi connectivity index (χ0n) is 15.8. The maximum absolute atomic E-state index is 12.7. The van der Waals surface area contributed by atoms with Gasteiger partial charge in [0.1, 0.15) is 0 Å². The van der Waals surface area contributed by atoms with Crippen LogP contribution in [0.2, 0.25) is 0 Å². The molecule has 0 aliphatic heterocycles. The molecule has 0 spiro atoms. The van der Waals surface area contributed by atoms with E-state index in [1.54, 1.807) is 18.5 Å². The van der Waals surface area contributed by atoms with Gasteiger partial charge in [0.2, 0.25) is 0 Å². The van der Waals surface area contributed by atoms with E-state index in [2.05, 4.69) is 10.4 Å². The Balaban J connectivity index is 1.74. The Labute approximate surface area is 159 Å². The quantitative estimate of drug-likeness (QED) is 0.539. The summed E-state index contributed by atoms with van der Waals surface area (Å²) in [4.78, 5) is 25.1. The van der Waals surface area contributed by atoms with Crippen molar-refractivity contribution in [3.63, 3.8) is 0 Å². The SMILES string of the molecule is Cc1nn(-c2ccccc2)c(C)c1C(=O)C(=O)NCC(C)c1ccccc1. The molecule has 0 radical (unpaired) electrons. The van der Waals surface area contributed by atoms with Gasteiger partial charge in [-0.2, -0.15) is 5.10 Å². The summed E-state index contributed by atoms with van der Waals surface area (Å²) >= 11 is 0. The zero-order chi connectivity index (χ0) is 19.4. The van der Waals surface area contributed by atoms with Crippen LogP contribution in [0.25, 0.3) is 5.69 Å². The third-order valence-corrected chi connectivity index (χ3v) is 4.66. The number of benzene rings is 2. The first kappa shape index (κ1) is 18.6. The molecule has 0 aliphatic rings. The average Bonchev–Trinajstić information content (AvgIpc) is 3.00. The van der Waals surface area contributed by atoms with Crippen LogP contribution in [0.4, 0.5) is 0 Å². The molecule has 3 aromatic rings. The largest absolute Gasteiger partial charge is 0.349 e. The number of amides is 1. The molecule has 1 atom stereocenters. The number of carbonyl (C=O) groups is 2. The summed E-state index contributed by atoms with van der Waals surface area (Å²) in [7, 11) is 0. The maximum Gasteiger partial charge on any atom is 0.292 e. The highest BCUT2D eigenvalue weighted by molar-refractivity contribution is 6.43. The van der Waals surface area contributed by atoms with E-state index < -0.39 is 11.7 Å². The lowest BCUT2D eigenvalue weighted by Gasteiger charge is -2.12. The minimum Gasteiger partial charge on any atom is -0.349 e. The number of nitrogens with zero attached hydrogens (tertiary/aromatic N) is 2. The molecule has 2 aromatic carbocycles. The third kappa shape index (κ3) is 3.97. The third-order valence-electron chi connectivity index (χ3n) is 4.66. The Morgan fingerprint density at radius 2 is 1.59 bits per heavy atom. The van der Waals surface area contributed by atoms with Crippen molar-refractivity contribution in [2.45, 2.75) is 26.7 Å². The van der Waals surface area contributed by atoms with Gasteiger partial charge in [0, 0.05) is 6.54 Å². The summed E-state index contributed by atoms with van der Waals surface area (Å²) in [5, 5.41) is 7.20. The fraction of sp³-hybridized carbons (Fsp3) is 0.227. The van der Waals surface area contributed by atoms with Crippen LogP contribution in [0.5, 0.6) is 0 Å². The normalized spacial score (nSPS) is 11.8. The van der Waals surface area contributed by atoms with Crippen LogP contribution in [-0.4, -0.2) is 28.0 Å². The Morgan fingerprint density at radius 3 is 2.22 bits per heavy atom. The summed E-state index contributed by atoms with van der Waals surface area (Å²) in [6.45, 7) is 5.98. The highest BCUT2D eigenvalue weighted by atomic mass is 16.2. The van der Waals surface area contributed by atoms with E-state index in [9.17, 15) is 9.59 Å². The van der Waals surface area contributed by atoms with Crippen molar-refractivity contribution in [1.29, 1.82) is 0 Å². The monoisotopic (exact) mass is 361 g/mol. The lowest BCUT2D eigenvalue weighted by molar-refractivity contribution is -0.117. The predicted molar refractivity (Wildman–Crippen MR) is 105 cm³/mol. The number of para-hydroxylation sites is 1.